The molecule has 2 rings (SSSR count). The summed E-state index contributed by atoms with van der Waals surface area (Å²) in [6, 6.07) is 4.09. The van der Waals surface area contributed by atoms with Crippen molar-refractivity contribution in [3.05, 3.63) is 28.8 Å². The molecule has 0 radical (unpaired) electrons. The van der Waals surface area contributed by atoms with Crippen LogP contribution in [0.15, 0.2) is 18.2 Å². The van der Waals surface area contributed by atoms with E-state index in [1.165, 1.54) is 28.2 Å². The molecule has 1 aromatic carbocycles. The van der Waals surface area contributed by atoms with Gasteiger partial charge < -0.3 is 9.47 Å². The molecule has 1 fully saturated rings. The summed E-state index contributed by atoms with van der Waals surface area (Å²) in [6.45, 7) is 8.50. The van der Waals surface area contributed by atoms with Gasteiger partial charge >= 0.3 is 12.1 Å². The number of esters is 1. The molecule has 172 valence electrons. The molecule has 10 heteroatoms. The Hall–Kier alpha value is -2.13. The number of thiocarbonyl (C=S) groups is 1. The van der Waals surface area contributed by atoms with Crippen molar-refractivity contribution in [1.29, 1.82) is 0 Å². The number of ether oxygens (including phenoxy) is 2. The number of hydrazine groups is 1. The first-order valence-electron chi connectivity index (χ1n) is 10.4. The zero-order valence-electron chi connectivity index (χ0n) is 18.3. The first-order valence-corrected chi connectivity index (χ1v) is 11.2. The molecule has 1 aliphatic rings. The van der Waals surface area contributed by atoms with E-state index in [0.29, 0.717) is 19.5 Å². The van der Waals surface area contributed by atoms with Crippen molar-refractivity contribution in [2.75, 3.05) is 24.8 Å². The van der Waals surface area contributed by atoms with Crippen LogP contribution in [0.3, 0.4) is 0 Å². The zero-order valence-corrected chi connectivity index (χ0v) is 19.8. The molecule has 0 bridgehead atoms. The summed E-state index contributed by atoms with van der Waals surface area (Å²) in [5.41, 5.74) is 0.0448. The van der Waals surface area contributed by atoms with Crippen molar-refractivity contribution < 1.29 is 23.5 Å². The molecule has 0 spiro atoms. The average Bonchev–Trinajstić information content (AvgIpc) is 2.76. The van der Waals surface area contributed by atoms with Crippen LogP contribution >= 0.6 is 23.8 Å². The second-order valence-corrected chi connectivity index (χ2v) is 8.55. The molecule has 0 aromatic heterocycles. The van der Waals surface area contributed by atoms with E-state index in [4.69, 9.17) is 33.3 Å². The lowest BCUT2D eigenvalue weighted by Crippen LogP contribution is -2.56. The molecule has 1 atom stereocenters. The normalized spacial score (nSPS) is 14.9. The van der Waals surface area contributed by atoms with E-state index in [1.54, 1.807) is 6.92 Å². The monoisotopic (exact) mass is 473 g/mol. The Morgan fingerprint density at radius 1 is 1.23 bits per heavy atom. The standard InChI is InChI=1S/C21H29ClFN3O4S/c1-5-15(4)30-19(27)17-12-16(8-9-18(17)22)26(23)20(31)24-10-6-7-11-25(24)21(28)29-13-14(2)3/h8-9,12,14-15H,5-7,10-11,13H2,1-4H3. The predicted octanol–water partition coefficient (Wildman–Crippen LogP) is 5.38. The first-order chi connectivity index (χ1) is 14.6. The predicted molar refractivity (Wildman–Crippen MR) is 122 cm³/mol. The van der Waals surface area contributed by atoms with Crippen LogP contribution in [-0.4, -0.2) is 53.0 Å². The number of carbonyl (C=O) groups is 2. The highest BCUT2D eigenvalue weighted by atomic mass is 35.5. The van der Waals surface area contributed by atoms with E-state index < -0.39 is 12.1 Å². The second kappa shape index (κ2) is 11.5. The van der Waals surface area contributed by atoms with Gasteiger partial charge in [0, 0.05) is 13.1 Å². The van der Waals surface area contributed by atoms with Gasteiger partial charge in [-0.25, -0.2) is 14.6 Å². The summed E-state index contributed by atoms with van der Waals surface area (Å²) in [4.78, 5) is 24.9. The third kappa shape index (κ3) is 6.67. The van der Waals surface area contributed by atoms with Gasteiger partial charge in [-0.1, -0.05) is 36.9 Å². The highest BCUT2D eigenvalue weighted by Gasteiger charge is 2.31. The number of benzene rings is 1. The van der Waals surface area contributed by atoms with Gasteiger partial charge in [0.25, 0.3) is 0 Å². The number of hydrogen-bond acceptors (Lipinski definition) is 5. The molecule has 1 aliphatic heterocycles. The van der Waals surface area contributed by atoms with Crippen LogP contribution in [0.5, 0.6) is 0 Å². The molecule has 31 heavy (non-hydrogen) atoms. The molecule has 0 saturated carbocycles. The quantitative estimate of drug-likeness (QED) is 0.312. The second-order valence-electron chi connectivity index (χ2n) is 7.78. The number of amides is 1. The van der Waals surface area contributed by atoms with Gasteiger partial charge in [-0.05, 0) is 62.5 Å². The van der Waals surface area contributed by atoms with E-state index in [-0.39, 0.29) is 45.1 Å². The van der Waals surface area contributed by atoms with Crippen molar-refractivity contribution in [2.45, 2.75) is 53.1 Å². The van der Waals surface area contributed by atoms with E-state index in [9.17, 15) is 9.59 Å². The van der Waals surface area contributed by atoms with Gasteiger partial charge in [0.2, 0.25) is 5.11 Å². The number of nitrogens with zero attached hydrogens (tertiary/aromatic N) is 3. The maximum atomic E-state index is 15.2. The van der Waals surface area contributed by atoms with Crippen molar-refractivity contribution in [2.24, 2.45) is 5.92 Å². The third-order valence-corrected chi connectivity index (χ3v) is 5.40. The Kier molecular flexibility index (Phi) is 9.31. The molecule has 7 nitrogen and oxygen atoms in total. The number of halogens is 2. The van der Waals surface area contributed by atoms with Crippen LogP contribution in [0.25, 0.3) is 0 Å². The summed E-state index contributed by atoms with van der Waals surface area (Å²) in [6.07, 6.45) is 1.27. The summed E-state index contributed by atoms with van der Waals surface area (Å²) < 4.78 is 25.8. The summed E-state index contributed by atoms with van der Waals surface area (Å²) in [5, 5.41) is 2.86. The lowest BCUT2D eigenvalue weighted by atomic mass is 10.2. The third-order valence-electron chi connectivity index (χ3n) is 4.70. The topological polar surface area (TPSA) is 62.3 Å². The van der Waals surface area contributed by atoms with Crippen LogP contribution in [0.1, 0.15) is 57.3 Å². The van der Waals surface area contributed by atoms with Gasteiger partial charge in [0.05, 0.1) is 29.0 Å². The molecule has 1 aromatic rings. The molecular weight excluding hydrogens is 445 g/mol. The van der Waals surface area contributed by atoms with Gasteiger partial charge in [-0.2, -0.15) is 5.12 Å². The number of anilines is 1. The summed E-state index contributed by atoms with van der Waals surface area (Å²) in [5.74, 6) is -0.466. The highest BCUT2D eigenvalue weighted by Crippen LogP contribution is 2.27. The van der Waals surface area contributed by atoms with E-state index in [0.717, 1.165) is 12.8 Å². The molecule has 1 amide bonds. The van der Waals surface area contributed by atoms with E-state index in [1.807, 2.05) is 20.8 Å². The molecule has 0 aliphatic carbocycles. The average molecular weight is 474 g/mol. The van der Waals surface area contributed by atoms with Crippen LogP contribution in [0.4, 0.5) is 15.0 Å². The number of rotatable bonds is 6. The van der Waals surface area contributed by atoms with Crippen molar-refractivity contribution in [3.63, 3.8) is 0 Å². The van der Waals surface area contributed by atoms with E-state index in [2.05, 4.69) is 0 Å². The fourth-order valence-corrected chi connectivity index (χ4v) is 3.29. The van der Waals surface area contributed by atoms with Crippen molar-refractivity contribution >= 4 is 46.7 Å². The smallest absolute Gasteiger partial charge is 0.428 e. The van der Waals surface area contributed by atoms with Crippen LogP contribution in [0, 0.1) is 5.92 Å². The number of carbonyl (C=O) groups excluding carboxylic acids is 2. The molecule has 1 unspecified atom stereocenters. The first kappa shape index (κ1) is 25.1. The van der Waals surface area contributed by atoms with Gasteiger partial charge in [-0.3, -0.25) is 5.01 Å². The Labute approximate surface area is 192 Å². The van der Waals surface area contributed by atoms with Gasteiger partial charge in [-0.15, -0.1) is 0 Å². The number of hydrogen-bond donors (Lipinski definition) is 0. The minimum atomic E-state index is -0.641. The minimum absolute atomic E-state index is 0.00609. The van der Waals surface area contributed by atoms with Crippen molar-refractivity contribution in [3.8, 4) is 0 Å². The lowest BCUT2D eigenvalue weighted by molar-refractivity contribution is 0.00104. The molecule has 0 N–H and O–H groups in total. The highest BCUT2D eigenvalue weighted by molar-refractivity contribution is 7.80. The Balaban J connectivity index is 2.19. The molecule has 1 heterocycles. The van der Waals surface area contributed by atoms with Crippen LogP contribution in [-0.2, 0) is 9.47 Å². The maximum Gasteiger partial charge on any atom is 0.428 e. The Bertz CT molecular complexity index is 811. The van der Waals surface area contributed by atoms with Crippen LogP contribution < -0.4 is 5.12 Å². The maximum absolute atomic E-state index is 15.2. The van der Waals surface area contributed by atoms with Crippen LogP contribution in [0.2, 0.25) is 5.02 Å². The Morgan fingerprint density at radius 3 is 2.48 bits per heavy atom. The van der Waals surface area contributed by atoms with Crippen molar-refractivity contribution in [1.82, 2.24) is 10.0 Å². The largest absolute Gasteiger partial charge is 0.459 e. The summed E-state index contributed by atoms with van der Waals surface area (Å²) >= 11 is 11.4. The Morgan fingerprint density at radius 2 is 1.87 bits per heavy atom. The lowest BCUT2D eigenvalue weighted by Gasteiger charge is -2.40. The molecular formula is C21H29ClFN3O4S. The SMILES string of the molecule is CCC(C)OC(=O)c1cc(N(F)C(=S)N2CCCCN2C(=O)OCC(C)C)ccc1Cl. The van der Waals surface area contributed by atoms with E-state index >= 15 is 4.48 Å². The fraction of sp³-hybridized carbons (Fsp3) is 0.571. The minimum Gasteiger partial charge on any atom is -0.459 e. The molecule has 1 saturated heterocycles. The fourth-order valence-electron chi connectivity index (χ4n) is 2.80. The van der Waals surface area contributed by atoms with Gasteiger partial charge in [0.15, 0.2) is 0 Å². The summed E-state index contributed by atoms with van der Waals surface area (Å²) in [7, 11) is 0. The van der Waals surface area contributed by atoms with Gasteiger partial charge in [0.1, 0.15) is 0 Å². The zero-order chi connectivity index (χ0) is 23.1.